The number of likely N-dealkylation sites (tertiary alicyclic amines) is 1. The van der Waals surface area contributed by atoms with Gasteiger partial charge in [-0.05, 0) is 54.1 Å². The summed E-state index contributed by atoms with van der Waals surface area (Å²) in [5.74, 6) is 2.41. The van der Waals surface area contributed by atoms with Gasteiger partial charge in [0, 0.05) is 72.7 Å². The van der Waals surface area contributed by atoms with Crippen LogP contribution in [0, 0.1) is 5.31 Å². The van der Waals surface area contributed by atoms with Crippen molar-refractivity contribution in [3.05, 3.63) is 106 Å². The predicted molar refractivity (Wildman–Crippen MR) is 169 cm³/mol. The number of nitrogens with one attached hydrogen (secondary N) is 1. The van der Waals surface area contributed by atoms with Gasteiger partial charge in [-0.2, -0.15) is 0 Å². The van der Waals surface area contributed by atoms with Crippen molar-refractivity contribution in [3.63, 3.8) is 0 Å². The van der Waals surface area contributed by atoms with Gasteiger partial charge in [-0.15, -0.1) is 0 Å². The first kappa shape index (κ1) is 28.2. The van der Waals surface area contributed by atoms with Crippen molar-refractivity contribution in [2.75, 3.05) is 27.2 Å². The van der Waals surface area contributed by atoms with E-state index in [-0.39, 0.29) is 23.7 Å². The molecular weight excluding hydrogens is 600 g/mol. The second kappa shape index (κ2) is 11.9. The molecule has 0 unspecified atom stereocenters. The molecule has 8 rings (SSSR count). The van der Waals surface area contributed by atoms with Crippen LogP contribution in [0.15, 0.2) is 73.1 Å². The number of nitrogens with zero attached hydrogens (tertiary/aromatic N) is 4. The van der Waals surface area contributed by atoms with E-state index in [9.17, 15) is 9.59 Å². The number of amides is 2. The molecule has 2 atom stereocenters. The minimum atomic E-state index is -0.284. The molecule has 0 spiro atoms. The molecule has 2 aromatic heterocycles. The SMILES string of the molecule is CN1CC2=C(C1=O)c1ncccc1Oc1cc(Cl)ccc12.CN1C[C@@H]2c3ccc(Cl)cc3Oc3cccnc3[C@H]2C1=O.[2H]B=N. The van der Waals surface area contributed by atoms with E-state index in [4.69, 9.17) is 39.3 Å². The van der Waals surface area contributed by atoms with Crippen molar-refractivity contribution >= 4 is 53.8 Å². The Morgan fingerprint density at radius 3 is 2.34 bits per heavy atom. The minimum absolute atomic E-state index is 0.0312. The summed E-state index contributed by atoms with van der Waals surface area (Å²) >= 11 is 12.2. The fourth-order valence-corrected chi connectivity index (χ4v) is 6.33. The van der Waals surface area contributed by atoms with E-state index in [1.807, 2.05) is 43.4 Å². The second-order valence-electron chi connectivity index (χ2n) is 10.6. The summed E-state index contributed by atoms with van der Waals surface area (Å²) in [6, 6.07) is 18.3. The Balaban J connectivity index is 0.000000146. The molecule has 0 aliphatic carbocycles. The number of aromatic nitrogens is 2. The summed E-state index contributed by atoms with van der Waals surface area (Å²) in [4.78, 5) is 37.2. The molecule has 4 aliphatic heterocycles. The third-order valence-corrected chi connectivity index (χ3v) is 8.43. The number of likely N-dealkylation sites (N-methyl/N-ethyl adjacent to an activating group) is 2. The predicted octanol–water partition coefficient (Wildman–Crippen LogP) is 6.05. The molecule has 0 saturated carbocycles. The number of fused-ring (bicyclic) bond motifs is 9. The number of hydrogen-bond donors (Lipinski definition) is 1. The fraction of sp³-hybridized carbons (Fsp3) is 0.188. The molecule has 9 nitrogen and oxygen atoms in total. The van der Waals surface area contributed by atoms with Gasteiger partial charge in [0.15, 0.2) is 5.75 Å². The molecule has 1 N–H and O–H groups in total. The molecule has 4 aromatic rings. The number of benzene rings is 2. The van der Waals surface area contributed by atoms with Crippen LogP contribution in [0.3, 0.4) is 0 Å². The van der Waals surface area contributed by atoms with Crippen molar-refractivity contribution < 1.29 is 19.1 Å². The number of halogens is 2. The van der Waals surface area contributed by atoms with Crippen molar-refractivity contribution in [3.8, 4) is 23.0 Å². The van der Waals surface area contributed by atoms with Crippen LogP contribution in [-0.2, 0) is 9.59 Å². The van der Waals surface area contributed by atoms with E-state index in [1.54, 1.807) is 53.5 Å². The first-order valence-corrected chi connectivity index (χ1v) is 14.4. The summed E-state index contributed by atoms with van der Waals surface area (Å²) in [5.41, 5.74) is 4.77. The molecule has 220 valence electrons. The fourth-order valence-electron chi connectivity index (χ4n) is 6.01. The van der Waals surface area contributed by atoms with Gasteiger partial charge in [0.2, 0.25) is 5.91 Å². The van der Waals surface area contributed by atoms with Crippen molar-refractivity contribution in [2.24, 2.45) is 0 Å². The van der Waals surface area contributed by atoms with Crippen molar-refractivity contribution in [1.82, 2.24) is 19.8 Å². The van der Waals surface area contributed by atoms with Crippen LogP contribution in [0.2, 0.25) is 10.0 Å². The van der Waals surface area contributed by atoms with E-state index >= 15 is 0 Å². The number of pyridine rings is 2. The van der Waals surface area contributed by atoms with Gasteiger partial charge >= 0.3 is 14.3 Å². The zero-order chi connectivity index (χ0) is 31.8. The zero-order valence-electron chi connectivity index (χ0n) is 24.8. The average molecular weight is 627 g/mol. The van der Waals surface area contributed by atoms with Crippen LogP contribution < -0.4 is 9.47 Å². The Kier molecular flexibility index (Phi) is 7.62. The Hall–Kier alpha value is -4.54. The van der Waals surface area contributed by atoms with Crippen LogP contribution in [0.4, 0.5) is 0 Å². The van der Waals surface area contributed by atoms with E-state index in [0.29, 0.717) is 70.7 Å². The maximum absolute atomic E-state index is 12.5. The quantitative estimate of drug-likeness (QED) is 0.238. The Bertz CT molecular complexity index is 1890. The van der Waals surface area contributed by atoms with Gasteiger partial charge in [0.05, 0.1) is 17.2 Å². The number of ether oxygens (including phenoxy) is 2. The van der Waals surface area contributed by atoms with Gasteiger partial charge in [-0.3, -0.25) is 19.6 Å². The first-order chi connectivity index (χ1) is 21.7. The van der Waals surface area contributed by atoms with E-state index in [0.717, 1.165) is 16.7 Å². The van der Waals surface area contributed by atoms with E-state index in [2.05, 4.69) is 9.97 Å². The molecule has 2 aromatic carbocycles. The van der Waals surface area contributed by atoms with Crippen LogP contribution in [0.5, 0.6) is 23.0 Å². The van der Waals surface area contributed by atoms with Crippen molar-refractivity contribution in [2.45, 2.75) is 11.8 Å². The van der Waals surface area contributed by atoms with Crippen LogP contribution in [0.25, 0.3) is 11.1 Å². The molecule has 2 amide bonds. The van der Waals surface area contributed by atoms with Gasteiger partial charge < -0.3 is 19.3 Å². The van der Waals surface area contributed by atoms with Gasteiger partial charge in [-0.1, -0.05) is 29.3 Å². The molecule has 44 heavy (non-hydrogen) atoms. The zero-order valence-corrected chi connectivity index (χ0v) is 25.3. The Labute approximate surface area is 266 Å². The number of carbonyl (C=O) groups is 2. The Morgan fingerprint density at radius 2 is 1.57 bits per heavy atom. The summed E-state index contributed by atoms with van der Waals surface area (Å²) in [6.07, 6.45) is 3.37. The van der Waals surface area contributed by atoms with E-state index < -0.39 is 0 Å². The van der Waals surface area contributed by atoms with Gasteiger partial charge in [-0.25, -0.2) is 0 Å². The molecule has 6 heterocycles. The molecule has 4 aliphatic rings. The van der Waals surface area contributed by atoms with Gasteiger partial charge in [0.25, 0.3) is 5.91 Å². The summed E-state index contributed by atoms with van der Waals surface area (Å²) < 4.78 is 17.7. The third-order valence-electron chi connectivity index (χ3n) is 7.96. The van der Waals surface area contributed by atoms with E-state index in [1.165, 1.54) is 0 Å². The topological polar surface area (TPSA) is 109 Å². The van der Waals surface area contributed by atoms with Crippen LogP contribution in [-0.4, -0.2) is 67.7 Å². The number of rotatable bonds is 0. The maximum atomic E-state index is 12.5. The monoisotopic (exact) mass is 626 g/mol. The third kappa shape index (κ3) is 5.04. The molecule has 12 heteroatoms. The normalized spacial score (nSPS) is 18.9. The summed E-state index contributed by atoms with van der Waals surface area (Å²) in [5, 5.41) is 6.97. The number of carbonyl (C=O) groups excluding carboxylic acids is 2. The average Bonchev–Trinajstić information content (AvgIpc) is 3.36. The van der Waals surface area contributed by atoms with Gasteiger partial charge in [0.1, 0.15) is 22.9 Å². The first-order valence-electron chi connectivity index (χ1n) is 14.3. The van der Waals surface area contributed by atoms with Crippen LogP contribution >= 0.6 is 23.2 Å². The number of hydrogen-bond acceptors (Lipinski definition) is 7. The Morgan fingerprint density at radius 1 is 0.909 bits per heavy atom. The molecule has 1 fully saturated rings. The molecule has 0 radical (unpaired) electrons. The van der Waals surface area contributed by atoms with Crippen molar-refractivity contribution in [1.29, 1.82) is 6.65 Å². The second-order valence-corrected chi connectivity index (χ2v) is 11.5. The summed E-state index contributed by atoms with van der Waals surface area (Å²) in [6.45, 7) is 1.21. The standard InChI is InChI=1S/C16H13ClN2O2.C16H11ClN2O2.BH2N/c2*1-19-8-11-10-5-4-9(17)7-13(10)21-12-3-2-6-18-15(12)14(11)16(19)20;1-2/h2-7,11,14H,8H2,1H3;2-7H,8H2,1H3;1-2H/t11-,14+;;/m1../s1/i;;1D. The van der Waals surface area contributed by atoms with Crippen LogP contribution in [0.1, 0.15) is 34.4 Å². The summed E-state index contributed by atoms with van der Waals surface area (Å²) in [7, 11) is 4.12. The molecular formula is C32H26BCl2N5O4. The molecule has 0 bridgehead atoms. The molecule has 1 saturated heterocycles.